The topological polar surface area (TPSA) is 64.3 Å². The zero-order valence-corrected chi connectivity index (χ0v) is 12.4. The van der Waals surface area contributed by atoms with Gasteiger partial charge in [0.15, 0.2) is 0 Å². The summed E-state index contributed by atoms with van der Waals surface area (Å²) >= 11 is 5.81. The number of benzene rings is 2. The van der Waals surface area contributed by atoms with Crippen molar-refractivity contribution in [1.29, 1.82) is 0 Å². The van der Waals surface area contributed by atoms with Gasteiger partial charge >= 0.3 is 0 Å². The lowest BCUT2D eigenvalue weighted by Crippen LogP contribution is -2.33. The third kappa shape index (κ3) is 3.97. The number of rotatable bonds is 5. The number of hydrogen-bond acceptors (Lipinski definition) is 3. The third-order valence-electron chi connectivity index (χ3n) is 3.14. The molecule has 2 rings (SSSR count). The molecular weight excluding hydrogens is 288 g/mol. The fourth-order valence-corrected chi connectivity index (χ4v) is 2.11. The quantitative estimate of drug-likeness (QED) is 0.893. The monoisotopic (exact) mass is 304 g/mol. The maximum absolute atomic E-state index is 12.2. The van der Waals surface area contributed by atoms with Gasteiger partial charge < -0.3 is 15.8 Å². The second-order valence-electron chi connectivity index (χ2n) is 4.55. The second kappa shape index (κ2) is 7.11. The van der Waals surface area contributed by atoms with E-state index in [0.717, 1.165) is 11.3 Å². The smallest absolute Gasteiger partial charge is 0.251 e. The summed E-state index contributed by atoms with van der Waals surface area (Å²) < 4.78 is 5.18. The highest BCUT2D eigenvalue weighted by Gasteiger charge is 2.14. The van der Waals surface area contributed by atoms with Crippen LogP contribution in [0.3, 0.4) is 0 Å². The average Bonchev–Trinajstić information content (AvgIpc) is 2.53. The minimum atomic E-state index is -0.275. The molecule has 1 amide bonds. The first-order valence-corrected chi connectivity index (χ1v) is 6.92. The van der Waals surface area contributed by atoms with Crippen molar-refractivity contribution in [1.82, 2.24) is 5.32 Å². The van der Waals surface area contributed by atoms with Gasteiger partial charge in [0.2, 0.25) is 0 Å². The molecule has 0 radical (unpaired) electrons. The Morgan fingerprint density at radius 2 is 2.00 bits per heavy atom. The predicted octanol–water partition coefficient (Wildman–Crippen LogP) is 2.78. The Balaban J connectivity index is 2.14. The van der Waals surface area contributed by atoms with Crippen LogP contribution in [-0.4, -0.2) is 19.6 Å². The molecule has 2 aromatic rings. The van der Waals surface area contributed by atoms with E-state index in [0.29, 0.717) is 17.1 Å². The fourth-order valence-electron chi connectivity index (χ4n) is 1.98. The Bertz CT molecular complexity index is 614. The molecule has 0 saturated carbocycles. The van der Waals surface area contributed by atoms with Gasteiger partial charge in [0, 0.05) is 17.1 Å². The Morgan fingerprint density at radius 1 is 1.29 bits per heavy atom. The molecular formula is C16H17ClN2O2. The maximum Gasteiger partial charge on any atom is 0.251 e. The van der Waals surface area contributed by atoms with Crippen LogP contribution in [0.25, 0.3) is 0 Å². The molecule has 2 aromatic carbocycles. The Morgan fingerprint density at radius 3 is 2.62 bits per heavy atom. The number of halogens is 1. The van der Waals surface area contributed by atoms with Gasteiger partial charge in [-0.2, -0.15) is 0 Å². The lowest BCUT2D eigenvalue weighted by Gasteiger charge is -2.18. The van der Waals surface area contributed by atoms with Crippen molar-refractivity contribution in [3.05, 3.63) is 64.7 Å². The normalized spacial score (nSPS) is 11.8. The van der Waals surface area contributed by atoms with Crippen molar-refractivity contribution in [2.75, 3.05) is 13.7 Å². The zero-order chi connectivity index (χ0) is 15.2. The van der Waals surface area contributed by atoms with Gasteiger partial charge in [0.1, 0.15) is 5.75 Å². The molecule has 0 aliphatic carbocycles. The standard InChI is InChI=1S/C16H17ClN2O2/c1-21-14-4-2-3-12(9-14)15(10-18)19-16(20)11-5-7-13(17)8-6-11/h2-9,15H,10,18H2,1H3,(H,19,20). The summed E-state index contributed by atoms with van der Waals surface area (Å²) in [6, 6.07) is 13.9. The number of ether oxygens (including phenoxy) is 1. The first kappa shape index (κ1) is 15.4. The number of carbonyl (C=O) groups is 1. The summed E-state index contributed by atoms with van der Waals surface area (Å²) in [6.07, 6.45) is 0. The molecule has 0 aromatic heterocycles. The van der Waals surface area contributed by atoms with E-state index in [2.05, 4.69) is 5.32 Å². The van der Waals surface area contributed by atoms with Crippen molar-refractivity contribution in [2.24, 2.45) is 5.73 Å². The molecule has 0 saturated heterocycles. The molecule has 5 heteroatoms. The van der Waals surface area contributed by atoms with E-state index in [4.69, 9.17) is 22.1 Å². The number of nitrogens with two attached hydrogens (primary N) is 1. The van der Waals surface area contributed by atoms with E-state index >= 15 is 0 Å². The zero-order valence-electron chi connectivity index (χ0n) is 11.7. The summed E-state index contributed by atoms with van der Waals surface area (Å²) in [5.74, 6) is 0.539. The van der Waals surface area contributed by atoms with Crippen LogP contribution in [0.2, 0.25) is 5.02 Å². The number of methoxy groups -OCH3 is 1. The Labute approximate surface area is 128 Å². The van der Waals surface area contributed by atoms with Crippen molar-refractivity contribution < 1.29 is 9.53 Å². The number of carbonyl (C=O) groups excluding carboxylic acids is 1. The van der Waals surface area contributed by atoms with Crippen LogP contribution in [0.4, 0.5) is 0 Å². The lowest BCUT2D eigenvalue weighted by molar-refractivity contribution is 0.0938. The molecule has 110 valence electrons. The highest BCUT2D eigenvalue weighted by atomic mass is 35.5. The molecule has 1 unspecified atom stereocenters. The van der Waals surface area contributed by atoms with Gasteiger partial charge in [0.25, 0.3) is 5.91 Å². The maximum atomic E-state index is 12.2. The highest BCUT2D eigenvalue weighted by Crippen LogP contribution is 2.19. The number of hydrogen-bond donors (Lipinski definition) is 2. The molecule has 21 heavy (non-hydrogen) atoms. The van der Waals surface area contributed by atoms with Gasteiger partial charge in [0.05, 0.1) is 13.2 Å². The molecule has 4 nitrogen and oxygen atoms in total. The van der Waals surface area contributed by atoms with Gasteiger partial charge in [-0.15, -0.1) is 0 Å². The molecule has 0 aliphatic heterocycles. The summed E-state index contributed by atoms with van der Waals surface area (Å²) in [7, 11) is 1.60. The van der Waals surface area contributed by atoms with Crippen LogP contribution < -0.4 is 15.8 Å². The van der Waals surface area contributed by atoms with Crippen molar-refractivity contribution >= 4 is 17.5 Å². The largest absolute Gasteiger partial charge is 0.497 e. The fraction of sp³-hybridized carbons (Fsp3) is 0.188. The van der Waals surface area contributed by atoms with Crippen molar-refractivity contribution in [2.45, 2.75) is 6.04 Å². The predicted molar refractivity (Wildman–Crippen MR) is 83.7 cm³/mol. The molecule has 0 bridgehead atoms. The SMILES string of the molecule is COc1cccc(C(CN)NC(=O)c2ccc(Cl)cc2)c1. The number of amides is 1. The average molecular weight is 305 g/mol. The first-order valence-electron chi connectivity index (χ1n) is 6.54. The summed E-state index contributed by atoms with van der Waals surface area (Å²) in [5, 5.41) is 3.50. The Kier molecular flexibility index (Phi) is 5.20. The summed E-state index contributed by atoms with van der Waals surface area (Å²) in [6.45, 7) is 0.298. The molecule has 1 atom stereocenters. The number of nitrogens with one attached hydrogen (secondary N) is 1. The molecule has 0 heterocycles. The van der Waals surface area contributed by atoms with E-state index in [9.17, 15) is 4.79 Å². The minimum absolute atomic E-state index is 0.190. The van der Waals surface area contributed by atoms with Crippen molar-refractivity contribution in [3.63, 3.8) is 0 Å². The van der Waals surface area contributed by atoms with Crippen LogP contribution in [0.5, 0.6) is 5.75 Å². The second-order valence-corrected chi connectivity index (χ2v) is 4.98. The molecule has 0 fully saturated rings. The van der Waals surface area contributed by atoms with E-state index < -0.39 is 0 Å². The highest BCUT2D eigenvalue weighted by molar-refractivity contribution is 6.30. The van der Waals surface area contributed by atoms with Crippen LogP contribution in [0.1, 0.15) is 22.0 Å². The molecule has 3 N–H and O–H groups in total. The van der Waals surface area contributed by atoms with E-state index in [1.807, 2.05) is 24.3 Å². The van der Waals surface area contributed by atoms with E-state index in [1.165, 1.54) is 0 Å². The summed E-state index contributed by atoms with van der Waals surface area (Å²) in [5.41, 5.74) is 7.21. The van der Waals surface area contributed by atoms with E-state index in [-0.39, 0.29) is 11.9 Å². The minimum Gasteiger partial charge on any atom is -0.497 e. The Hall–Kier alpha value is -2.04. The lowest BCUT2D eigenvalue weighted by atomic mass is 10.1. The van der Waals surface area contributed by atoms with Gasteiger partial charge in [-0.3, -0.25) is 4.79 Å². The van der Waals surface area contributed by atoms with Crippen LogP contribution in [-0.2, 0) is 0 Å². The summed E-state index contributed by atoms with van der Waals surface area (Å²) in [4.78, 5) is 12.2. The third-order valence-corrected chi connectivity index (χ3v) is 3.40. The van der Waals surface area contributed by atoms with Crippen LogP contribution in [0, 0.1) is 0 Å². The van der Waals surface area contributed by atoms with Gasteiger partial charge in [-0.05, 0) is 42.0 Å². The molecule has 0 spiro atoms. The van der Waals surface area contributed by atoms with Gasteiger partial charge in [-0.1, -0.05) is 23.7 Å². The molecule has 0 aliphatic rings. The van der Waals surface area contributed by atoms with Gasteiger partial charge in [-0.25, -0.2) is 0 Å². The van der Waals surface area contributed by atoms with E-state index in [1.54, 1.807) is 31.4 Å². The van der Waals surface area contributed by atoms with Crippen LogP contribution in [0.15, 0.2) is 48.5 Å². The van der Waals surface area contributed by atoms with Crippen LogP contribution >= 0.6 is 11.6 Å². The van der Waals surface area contributed by atoms with Crippen molar-refractivity contribution in [3.8, 4) is 5.75 Å². The first-order chi connectivity index (χ1) is 10.1.